The molecule has 1 aromatic carbocycles. The summed E-state index contributed by atoms with van der Waals surface area (Å²) < 4.78 is 5.19. The molecule has 1 unspecified atom stereocenters. The fraction of sp³-hybridized carbons (Fsp3) is 0.619. The lowest BCUT2D eigenvalue weighted by atomic mass is 9.96. The number of anilines is 1. The molecule has 0 spiro atoms. The summed E-state index contributed by atoms with van der Waals surface area (Å²) in [5.74, 6) is -1.07. The van der Waals surface area contributed by atoms with Gasteiger partial charge in [0.15, 0.2) is 0 Å². The number of aryl methyl sites for hydroxylation is 2. The van der Waals surface area contributed by atoms with E-state index >= 15 is 0 Å². The van der Waals surface area contributed by atoms with Gasteiger partial charge in [0.25, 0.3) is 0 Å². The minimum atomic E-state index is -1.07. The molecule has 1 aliphatic heterocycles. The van der Waals surface area contributed by atoms with Crippen LogP contribution in [0.1, 0.15) is 57.2 Å². The van der Waals surface area contributed by atoms with Crippen molar-refractivity contribution in [2.45, 2.75) is 71.9 Å². The summed E-state index contributed by atoms with van der Waals surface area (Å²) in [5, 5.41) is 12.0. The number of carboxylic acids is 1. The lowest BCUT2D eigenvalue weighted by Crippen LogP contribution is -2.44. The van der Waals surface area contributed by atoms with Gasteiger partial charge in [-0.15, -0.1) is 0 Å². The van der Waals surface area contributed by atoms with E-state index < -0.39 is 23.7 Å². The fourth-order valence-electron chi connectivity index (χ4n) is 3.60. The molecule has 1 saturated heterocycles. The molecule has 0 radical (unpaired) electrons. The zero-order valence-electron chi connectivity index (χ0n) is 17.1. The molecule has 6 heteroatoms. The molecule has 1 amide bonds. The zero-order chi connectivity index (χ0) is 20.2. The van der Waals surface area contributed by atoms with Crippen LogP contribution in [0.25, 0.3) is 0 Å². The number of alkyl carbamates (subject to hydrolysis) is 1. The van der Waals surface area contributed by atoms with E-state index in [0.29, 0.717) is 0 Å². The molecule has 1 heterocycles. The quantitative estimate of drug-likeness (QED) is 0.792. The van der Waals surface area contributed by atoms with Crippen LogP contribution >= 0.6 is 0 Å². The van der Waals surface area contributed by atoms with Crippen LogP contribution in [0.5, 0.6) is 0 Å². The van der Waals surface area contributed by atoms with Crippen LogP contribution < -0.4 is 10.2 Å². The minimum Gasteiger partial charge on any atom is -0.480 e. The van der Waals surface area contributed by atoms with Gasteiger partial charge in [-0.2, -0.15) is 0 Å². The molecule has 6 nitrogen and oxygen atoms in total. The highest BCUT2D eigenvalue weighted by molar-refractivity contribution is 5.80. The Balaban J connectivity index is 2.19. The summed E-state index contributed by atoms with van der Waals surface area (Å²) in [7, 11) is 0. The summed E-state index contributed by atoms with van der Waals surface area (Å²) in [5.41, 5.74) is 3.92. The highest BCUT2D eigenvalue weighted by atomic mass is 16.6. The van der Waals surface area contributed by atoms with Crippen molar-refractivity contribution in [2.75, 3.05) is 18.0 Å². The van der Waals surface area contributed by atoms with Crippen LogP contribution in [0.2, 0.25) is 0 Å². The number of aliphatic carboxylic acids is 1. The number of carbonyl (C=O) groups is 2. The number of carbonyl (C=O) groups excluding carboxylic acids is 1. The molecule has 0 saturated carbocycles. The number of hydrogen-bond acceptors (Lipinski definition) is 4. The van der Waals surface area contributed by atoms with E-state index in [9.17, 15) is 14.7 Å². The number of amides is 1. The Morgan fingerprint density at radius 2 is 1.89 bits per heavy atom. The van der Waals surface area contributed by atoms with Crippen molar-refractivity contribution in [1.29, 1.82) is 0 Å². The highest BCUT2D eigenvalue weighted by Gasteiger charge is 2.25. The molecule has 0 aromatic heterocycles. The fourth-order valence-corrected chi connectivity index (χ4v) is 3.60. The van der Waals surface area contributed by atoms with E-state index in [-0.39, 0.29) is 6.42 Å². The zero-order valence-corrected chi connectivity index (χ0v) is 17.1. The van der Waals surface area contributed by atoms with Gasteiger partial charge in [-0.25, -0.2) is 9.59 Å². The molecular formula is C21H32N2O4. The van der Waals surface area contributed by atoms with Crippen molar-refractivity contribution >= 4 is 17.7 Å². The highest BCUT2D eigenvalue weighted by Crippen LogP contribution is 2.30. The lowest BCUT2D eigenvalue weighted by molar-refractivity contribution is -0.139. The maximum atomic E-state index is 12.0. The maximum absolute atomic E-state index is 12.0. The molecule has 2 N–H and O–H groups in total. The SMILES string of the molecule is CCc1cc(CC(NC(=O)OC(C)(C)C)C(=O)O)cc(C)c1N1CCCC1. The Hall–Kier alpha value is -2.24. The monoisotopic (exact) mass is 376 g/mol. The summed E-state index contributed by atoms with van der Waals surface area (Å²) in [6.07, 6.45) is 2.83. The second kappa shape index (κ2) is 8.63. The Morgan fingerprint density at radius 3 is 2.41 bits per heavy atom. The van der Waals surface area contributed by atoms with Gasteiger partial charge >= 0.3 is 12.1 Å². The predicted molar refractivity (Wildman–Crippen MR) is 107 cm³/mol. The third-order valence-corrected chi connectivity index (χ3v) is 4.67. The van der Waals surface area contributed by atoms with Crippen molar-refractivity contribution in [3.05, 3.63) is 28.8 Å². The Morgan fingerprint density at radius 1 is 1.26 bits per heavy atom. The number of rotatable bonds is 6. The third-order valence-electron chi connectivity index (χ3n) is 4.67. The second-order valence-electron chi connectivity index (χ2n) is 8.21. The van der Waals surface area contributed by atoms with Gasteiger partial charge in [0.05, 0.1) is 0 Å². The van der Waals surface area contributed by atoms with Gasteiger partial charge in [0.2, 0.25) is 0 Å². The van der Waals surface area contributed by atoms with Gasteiger partial charge < -0.3 is 20.1 Å². The van der Waals surface area contributed by atoms with Crippen LogP contribution in [0, 0.1) is 6.92 Å². The molecule has 2 rings (SSSR count). The van der Waals surface area contributed by atoms with E-state index in [0.717, 1.165) is 30.6 Å². The molecule has 27 heavy (non-hydrogen) atoms. The van der Waals surface area contributed by atoms with Crippen LogP contribution in [0.15, 0.2) is 12.1 Å². The lowest BCUT2D eigenvalue weighted by Gasteiger charge is -2.25. The number of hydrogen-bond donors (Lipinski definition) is 2. The molecule has 150 valence electrons. The molecule has 1 aromatic rings. The van der Waals surface area contributed by atoms with Crippen LogP contribution in [0.3, 0.4) is 0 Å². The normalized spacial score (nSPS) is 15.5. The average molecular weight is 376 g/mol. The second-order valence-corrected chi connectivity index (χ2v) is 8.21. The topological polar surface area (TPSA) is 78.9 Å². The Kier molecular flexibility index (Phi) is 6.73. The largest absolute Gasteiger partial charge is 0.480 e. The summed E-state index contributed by atoms with van der Waals surface area (Å²) in [6.45, 7) is 11.6. The maximum Gasteiger partial charge on any atom is 0.408 e. The number of ether oxygens (including phenoxy) is 1. The van der Waals surface area contributed by atoms with Gasteiger partial charge in [-0.05, 0) is 63.6 Å². The number of carboxylic acid groups (broad SMARTS) is 1. The molecular weight excluding hydrogens is 344 g/mol. The first-order chi connectivity index (χ1) is 12.6. The standard InChI is InChI=1S/C21H32N2O4/c1-6-16-12-15(11-14(2)18(16)23-9-7-8-10-23)13-17(19(24)25)22-20(26)27-21(3,4)5/h11-12,17H,6-10,13H2,1-5H3,(H,22,26)(H,24,25). The van der Waals surface area contributed by atoms with Crippen LogP contribution in [-0.4, -0.2) is 41.9 Å². The van der Waals surface area contributed by atoms with E-state index in [4.69, 9.17) is 4.74 Å². The van der Waals surface area contributed by atoms with Crippen molar-refractivity contribution in [1.82, 2.24) is 5.32 Å². The molecule has 1 fully saturated rings. The minimum absolute atomic E-state index is 0.225. The summed E-state index contributed by atoms with van der Waals surface area (Å²) in [4.78, 5) is 26.0. The summed E-state index contributed by atoms with van der Waals surface area (Å²) >= 11 is 0. The van der Waals surface area contributed by atoms with E-state index in [1.165, 1.54) is 24.1 Å². The van der Waals surface area contributed by atoms with E-state index in [1.807, 2.05) is 6.07 Å². The molecule has 1 aliphatic rings. The molecule has 0 aliphatic carbocycles. The first-order valence-electron chi connectivity index (χ1n) is 9.70. The van der Waals surface area contributed by atoms with Gasteiger partial charge in [-0.1, -0.05) is 19.1 Å². The number of nitrogens with zero attached hydrogens (tertiary/aromatic N) is 1. The van der Waals surface area contributed by atoms with Crippen molar-refractivity contribution < 1.29 is 19.4 Å². The van der Waals surface area contributed by atoms with Crippen molar-refractivity contribution in [3.63, 3.8) is 0 Å². The van der Waals surface area contributed by atoms with Crippen LogP contribution in [-0.2, 0) is 22.4 Å². The third kappa shape index (κ3) is 5.88. The Bertz CT molecular complexity index is 688. The number of benzene rings is 1. The van der Waals surface area contributed by atoms with Gasteiger partial charge in [0.1, 0.15) is 11.6 Å². The summed E-state index contributed by atoms with van der Waals surface area (Å²) in [6, 6.07) is 3.09. The van der Waals surface area contributed by atoms with Gasteiger partial charge in [-0.3, -0.25) is 0 Å². The number of nitrogens with one attached hydrogen (secondary N) is 1. The van der Waals surface area contributed by atoms with Crippen molar-refractivity contribution in [2.24, 2.45) is 0 Å². The smallest absolute Gasteiger partial charge is 0.408 e. The molecule has 0 bridgehead atoms. The first kappa shape index (κ1) is 21.1. The van der Waals surface area contributed by atoms with E-state index in [1.54, 1.807) is 20.8 Å². The molecule has 1 atom stereocenters. The van der Waals surface area contributed by atoms with Gasteiger partial charge in [0, 0.05) is 25.2 Å². The predicted octanol–water partition coefficient (Wildman–Crippen LogP) is 3.68. The van der Waals surface area contributed by atoms with Crippen molar-refractivity contribution in [3.8, 4) is 0 Å². The van der Waals surface area contributed by atoms with Crippen LogP contribution in [0.4, 0.5) is 10.5 Å². The Labute approximate surface area is 161 Å². The average Bonchev–Trinajstić information content (AvgIpc) is 3.05. The van der Waals surface area contributed by atoms with E-state index in [2.05, 4.69) is 30.1 Å². The first-order valence-corrected chi connectivity index (χ1v) is 9.70.